The first-order chi connectivity index (χ1) is 9.24. The van der Waals surface area contributed by atoms with Crippen LogP contribution >= 0.6 is 0 Å². The van der Waals surface area contributed by atoms with Crippen molar-refractivity contribution >= 4 is 0 Å². The van der Waals surface area contributed by atoms with Crippen LogP contribution in [0.4, 0.5) is 0 Å². The van der Waals surface area contributed by atoms with E-state index in [2.05, 4.69) is 50.4 Å². The fourth-order valence-corrected chi connectivity index (χ4v) is 1.99. The van der Waals surface area contributed by atoms with Crippen LogP contribution in [-0.2, 0) is 0 Å². The van der Waals surface area contributed by atoms with Crippen LogP contribution in [0.5, 0.6) is 5.75 Å². The van der Waals surface area contributed by atoms with E-state index < -0.39 is 0 Å². The fourth-order valence-electron chi connectivity index (χ4n) is 1.99. The van der Waals surface area contributed by atoms with E-state index in [4.69, 9.17) is 4.74 Å². The van der Waals surface area contributed by atoms with Gasteiger partial charge in [0.05, 0.1) is 0 Å². The summed E-state index contributed by atoms with van der Waals surface area (Å²) in [6, 6.07) is 8.43. The van der Waals surface area contributed by atoms with Crippen molar-refractivity contribution in [2.45, 2.75) is 52.4 Å². The number of hydrogen-bond donors (Lipinski definition) is 1. The molecule has 0 atom stereocenters. The topological polar surface area (TPSA) is 21.3 Å². The van der Waals surface area contributed by atoms with Gasteiger partial charge in [-0.2, -0.15) is 0 Å². The van der Waals surface area contributed by atoms with Crippen LogP contribution in [0.2, 0.25) is 0 Å². The summed E-state index contributed by atoms with van der Waals surface area (Å²) in [6.45, 7) is 9.44. The molecule has 0 heterocycles. The van der Waals surface area contributed by atoms with Gasteiger partial charge in [-0.1, -0.05) is 52.2 Å². The van der Waals surface area contributed by atoms with E-state index in [0.29, 0.717) is 5.92 Å². The first-order valence-electron chi connectivity index (χ1n) is 7.67. The summed E-state index contributed by atoms with van der Waals surface area (Å²) in [5, 5.41) is 3.42. The molecular formula is C17H29NO. The molecule has 0 saturated heterocycles. The molecule has 19 heavy (non-hydrogen) atoms. The summed E-state index contributed by atoms with van der Waals surface area (Å²) in [5.74, 6) is 1.55. The highest BCUT2D eigenvalue weighted by Crippen LogP contribution is 2.18. The highest BCUT2D eigenvalue weighted by molar-refractivity contribution is 5.28. The van der Waals surface area contributed by atoms with Crippen LogP contribution in [0, 0.1) is 0 Å². The number of ether oxygens (including phenoxy) is 1. The van der Waals surface area contributed by atoms with Gasteiger partial charge in [-0.3, -0.25) is 0 Å². The van der Waals surface area contributed by atoms with Crippen molar-refractivity contribution < 1.29 is 4.74 Å². The third-order valence-electron chi connectivity index (χ3n) is 3.30. The smallest absolute Gasteiger partial charge is 0.119 e. The van der Waals surface area contributed by atoms with Gasteiger partial charge >= 0.3 is 0 Å². The lowest BCUT2D eigenvalue weighted by Gasteiger charge is -2.09. The van der Waals surface area contributed by atoms with Crippen molar-refractivity contribution in [1.29, 1.82) is 0 Å². The Balaban J connectivity index is 2.06. The van der Waals surface area contributed by atoms with Gasteiger partial charge in [0.1, 0.15) is 12.4 Å². The summed E-state index contributed by atoms with van der Waals surface area (Å²) in [4.78, 5) is 0. The molecule has 0 saturated carbocycles. The molecule has 2 nitrogen and oxygen atoms in total. The predicted octanol–water partition coefficient (Wildman–Crippen LogP) is 4.36. The number of hydrogen-bond acceptors (Lipinski definition) is 2. The number of nitrogens with one attached hydrogen (secondary N) is 1. The quantitative estimate of drug-likeness (QED) is 0.633. The molecule has 0 spiro atoms. The largest absolute Gasteiger partial charge is 0.492 e. The van der Waals surface area contributed by atoms with E-state index >= 15 is 0 Å². The second kappa shape index (κ2) is 9.85. The Labute approximate surface area is 118 Å². The van der Waals surface area contributed by atoms with Crippen molar-refractivity contribution in [3.8, 4) is 5.75 Å². The average molecular weight is 263 g/mol. The Morgan fingerprint density at radius 1 is 1.00 bits per heavy atom. The molecule has 0 aliphatic carbocycles. The second-order valence-corrected chi connectivity index (χ2v) is 5.38. The van der Waals surface area contributed by atoms with E-state index in [0.717, 1.165) is 25.4 Å². The van der Waals surface area contributed by atoms with E-state index in [9.17, 15) is 0 Å². The molecule has 0 aliphatic rings. The summed E-state index contributed by atoms with van der Waals surface area (Å²) in [5.41, 5.74) is 1.36. The number of benzene rings is 1. The monoisotopic (exact) mass is 263 g/mol. The summed E-state index contributed by atoms with van der Waals surface area (Å²) in [7, 11) is 0. The molecule has 0 unspecified atom stereocenters. The van der Waals surface area contributed by atoms with E-state index in [1.54, 1.807) is 0 Å². The SMILES string of the molecule is CCCCCCNCCOc1ccc(C(C)C)cc1. The van der Waals surface area contributed by atoms with Gasteiger partial charge in [-0.05, 0) is 36.6 Å². The lowest BCUT2D eigenvalue weighted by atomic mass is 10.0. The van der Waals surface area contributed by atoms with Crippen molar-refractivity contribution in [3.63, 3.8) is 0 Å². The van der Waals surface area contributed by atoms with Crippen molar-refractivity contribution in [1.82, 2.24) is 5.32 Å². The fraction of sp³-hybridized carbons (Fsp3) is 0.647. The van der Waals surface area contributed by atoms with Gasteiger partial charge in [0.2, 0.25) is 0 Å². The molecule has 1 N–H and O–H groups in total. The molecule has 0 radical (unpaired) electrons. The van der Waals surface area contributed by atoms with Gasteiger partial charge in [-0.15, -0.1) is 0 Å². The van der Waals surface area contributed by atoms with E-state index in [1.807, 2.05) is 0 Å². The average Bonchev–Trinajstić information content (AvgIpc) is 2.42. The standard InChI is InChI=1S/C17H29NO/c1-4-5-6-7-12-18-13-14-19-17-10-8-16(9-11-17)15(2)3/h8-11,15,18H,4-7,12-14H2,1-3H3. The van der Waals surface area contributed by atoms with Crippen molar-refractivity contribution in [2.24, 2.45) is 0 Å². The minimum atomic E-state index is 0.582. The lowest BCUT2D eigenvalue weighted by molar-refractivity contribution is 0.313. The predicted molar refractivity (Wildman–Crippen MR) is 83.0 cm³/mol. The van der Waals surface area contributed by atoms with Crippen LogP contribution in [0.3, 0.4) is 0 Å². The Kier molecular flexibility index (Phi) is 8.31. The summed E-state index contributed by atoms with van der Waals surface area (Å²) >= 11 is 0. The van der Waals surface area contributed by atoms with E-state index in [-0.39, 0.29) is 0 Å². The molecule has 108 valence electrons. The number of rotatable bonds is 10. The van der Waals surface area contributed by atoms with Gasteiger partial charge in [-0.25, -0.2) is 0 Å². The molecule has 0 bridgehead atoms. The molecule has 0 aromatic heterocycles. The van der Waals surface area contributed by atoms with Crippen LogP contribution in [0.15, 0.2) is 24.3 Å². The Hall–Kier alpha value is -1.02. The maximum Gasteiger partial charge on any atom is 0.119 e. The zero-order chi connectivity index (χ0) is 13.9. The zero-order valence-electron chi connectivity index (χ0n) is 12.7. The molecule has 0 fully saturated rings. The highest BCUT2D eigenvalue weighted by Gasteiger charge is 1.99. The number of unbranched alkanes of at least 4 members (excludes halogenated alkanes) is 3. The van der Waals surface area contributed by atoms with Gasteiger partial charge < -0.3 is 10.1 Å². The minimum absolute atomic E-state index is 0.582. The third kappa shape index (κ3) is 7.22. The van der Waals surface area contributed by atoms with Crippen LogP contribution in [0.25, 0.3) is 0 Å². The Bertz CT molecular complexity index is 319. The normalized spacial score (nSPS) is 10.9. The van der Waals surface area contributed by atoms with Crippen molar-refractivity contribution in [2.75, 3.05) is 19.7 Å². The van der Waals surface area contributed by atoms with Gasteiger partial charge in [0.15, 0.2) is 0 Å². The van der Waals surface area contributed by atoms with E-state index in [1.165, 1.54) is 31.2 Å². The summed E-state index contributed by atoms with van der Waals surface area (Å²) < 4.78 is 5.71. The third-order valence-corrected chi connectivity index (χ3v) is 3.30. The summed E-state index contributed by atoms with van der Waals surface area (Å²) in [6.07, 6.45) is 5.26. The van der Waals surface area contributed by atoms with Gasteiger partial charge in [0.25, 0.3) is 0 Å². The first kappa shape index (κ1) is 16.0. The lowest BCUT2D eigenvalue weighted by Crippen LogP contribution is -2.22. The second-order valence-electron chi connectivity index (χ2n) is 5.38. The molecule has 2 heteroatoms. The molecule has 0 amide bonds. The Morgan fingerprint density at radius 3 is 2.37 bits per heavy atom. The van der Waals surface area contributed by atoms with Crippen molar-refractivity contribution in [3.05, 3.63) is 29.8 Å². The van der Waals surface area contributed by atoms with Gasteiger partial charge in [0, 0.05) is 6.54 Å². The maximum absolute atomic E-state index is 5.71. The van der Waals surface area contributed by atoms with Crippen LogP contribution in [0.1, 0.15) is 57.9 Å². The Morgan fingerprint density at radius 2 is 1.74 bits per heavy atom. The molecular weight excluding hydrogens is 234 g/mol. The van der Waals surface area contributed by atoms with Crippen LogP contribution in [-0.4, -0.2) is 19.7 Å². The molecule has 1 aromatic rings. The first-order valence-corrected chi connectivity index (χ1v) is 7.67. The van der Waals surface area contributed by atoms with Crippen LogP contribution < -0.4 is 10.1 Å². The maximum atomic E-state index is 5.71. The zero-order valence-corrected chi connectivity index (χ0v) is 12.7. The highest BCUT2D eigenvalue weighted by atomic mass is 16.5. The molecule has 0 aliphatic heterocycles. The molecule has 1 rings (SSSR count). The molecule has 1 aromatic carbocycles. The minimum Gasteiger partial charge on any atom is -0.492 e.